The number of carbonyl (C=O) groups is 1. The van der Waals surface area contributed by atoms with Crippen LogP contribution in [-0.4, -0.2) is 31.7 Å². The number of carbonyl (C=O) groups excluding carboxylic acids is 1. The summed E-state index contributed by atoms with van der Waals surface area (Å²) in [6, 6.07) is 14.8. The second-order valence-corrected chi connectivity index (χ2v) is 9.63. The van der Waals surface area contributed by atoms with Gasteiger partial charge in [0.25, 0.3) is 0 Å². The molecule has 1 aliphatic carbocycles. The van der Waals surface area contributed by atoms with Gasteiger partial charge >= 0.3 is 0 Å². The number of anilines is 1. The van der Waals surface area contributed by atoms with Crippen LogP contribution in [0, 0.1) is 5.92 Å². The number of aryl methyl sites for hydroxylation is 2. The van der Waals surface area contributed by atoms with E-state index in [-0.39, 0.29) is 18.4 Å². The van der Waals surface area contributed by atoms with E-state index in [1.165, 1.54) is 16.3 Å². The van der Waals surface area contributed by atoms with Crippen LogP contribution < -0.4 is 5.32 Å². The van der Waals surface area contributed by atoms with Gasteiger partial charge in [-0.2, -0.15) is 4.31 Å². The number of nitrogens with one attached hydrogen (secondary N) is 1. The van der Waals surface area contributed by atoms with Crippen molar-refractivity contribution in [1.29, 1.82) is 0 Å². The fourth-order valence-corrected chi connectivity index (χ4v) is 5.73. The van der Waals surface area contributed by atoms with Gasteiger partial charge in [-0.05, 0) is 73.9 Å². The van der Waals surface area contributed by atoms with Crippen LogP contribution in [-0.2, 0) is 27.7 Å². The Bertz CT molecular complexity index is 957. The van der Waals surface area contributed by atoms with Crippen LogP contribution in [0.5, 0.6) is 0 Å². The van der Waals surface area contributed by atoms with Crippen LogP contribution in [0.15, 0.2) is 53.4 Å². The Morgan fingerprint density at radius 3 is 2.50 bits per heavy atom. The smallest absolute Gasteiger partial charge is 0.243 e. The highest BCUT2D eigenvalue weighted by Gasteiger charge is 2.33. The lowest BCUT2D eigenvalue weighted by Gasteiger charge is -2.31. The fourth-order valence-electron chi connectivity index (χ4n) is 4.16. The van der Waals surface area contributed by atoms with Crippen molar-refractivity contribution in [3.63, 3.8) is 0 Å². The molecular weight excluding hydrogens is 372 g/mol. The maximum atomic E-state index is 13.2. The summed E-state index contributed by atoms with van der Waals surface area (Å²) in [5, 5.41) is 2.90. The van der Waals surface area contributed by atoms with Gasteiger partial charge in [-0.25, -0.2) is 8.42 Å². The summed E-state index contributed by atoms with van der Waals surface area (Å²) in [6.45, 7) is 0.701. The molecule has 1 fully saturated rings. The minimum atomic E-state index is -3.58. The van der Waals surface area contributed by atoms with Crippen LogP contribution in [0.2, 0.25) is 0 Å². The van der Waals surface area contributed by atoms with Gasteiger partial charge in [-0.1, -0.05) is 24.3 Å². The van der Waals surface area contributed by atoms with Gasteiger partial charge in [0, 0.05) is 18.8 Å². The number of rotatable bonds is 4. The number of amides is 1. The monoisotopic (exact) mass is 398 g/mol. The number of para-hydroxylation sites is 1. The van der Waals surface area contributed by atoms with E-state index in [0.29, 0.717) is 24.3 Å². The van der Waals surface area contributed by atoms with Crippen molar-refractivity contribution in [2.75, 3.05) is 18.4 Å². The highest BCUT2D eigenvalue weighted by atomic mass is 32.2. The second-order valence-electron chi connectivity index (χ2n) is 7.70. The molecular formula is C22H26N2O3S. The minimum Gasteiger partial charge on any atom is -0.326 e. The zero-order valence-electron chi connectivity index (χ0n) is 15.9. The molecule has 1 atom stereocenters. The summed E-state index contributed by atoms with van der Waals surface area (Å²) in [5.41, 5.74) is 3.16. The molecule has 2 aliphatic rings. The van der Waals surface area contributed by atoms with Crippen molar-refractivity contribution >= 4 is 21.6 Å². The second kappa shape index (κ2) is 8.05. The summed E-state index contributed by atoms with van der Waals surface area (Å²) >= 11 is 0. The molecule has 1 heterocycles. The highest BCUT2D eigenvalue weighted by molar-refractivity contribution is 7.89. The molecule has 2 aromatic rings. The molecule has 5 nitrogen and oxygen atoms in total. The van der Waals surface area contributed by atoms with Gasteiger partial charge in [-0.15, -0.1) is 0 Å². The number of hydrogen-bond donors (Lipinski definition) is 1. The maximum Gasteiger partial charge on any atom is 0.243 e. The molecule has 28 heavy (non-hydrogen) atoms. The Kier molecular flexibility index (Phi) is 5.51. The topological polar surface area (TPSA) is 66.5 Å². The van der Waals surface area contributed by atoms with Crippen LogP contribution in [0.1, 0.15) is 36.8 Å². The SMILES string of the molecule is O=C(Nc1ccccc1)C1CCCN(S(=O)(=O)c2ccc3c(c2)CCCC3)C1. The molecule has 1 N–H and O–H groups in total. The molecule has 4 rings (SSSR count). The van der Waals surface area contributed by atoms with E-state index in [1.54, 1.807) is 6.07 Å². The number of benzene rings is 2. The lowest BCUT2D eigenvalue weighted by molar-refractivity contribution is -0.120. The average Bonchev–Trinajstić information content (AvgIpc) is 2.74. The minimum absolute atomic E-state index is 0.114. The van der Waals surface area contributed by atoms with Gasteiger partial charge < -0.3 is 5.32 Å². The van der Waals surface area contributed by atoms with E-state index in [0.717, 1.165) is 30.5 Å². The summed E-state index contributed by atoms with van der Waals surface area (Å²) in [7, 11) is -3.58. The Morgan fingerprint density at radius 2 is 1.71 bits per heavy atom. The van der Waals surface area contributed by atoms with Crippen molar-refractivity contribution in [3.8, 4) is 0 Å². The molecule has 6 heteroatoms. The van der Waals surface area contributed by atoms with E-state index in [4.69, 9.17) is 0 Å². The fraction of sp³-hybridized carbons (Fsp3) is 0.409. The van der Waals surface area contributed by atoms with Crippen LogP contribution >= 0.6 is 0 Å². The summed E-state index contributed by atoms with van der Waals surface area (Å²) in [6.07, 6.45) is 5.65. The first-order valence-corrected chi connectivity index (χ1v) is 11.5. The largest absolute Gasteiger partial charge is 0.326 e. The Morgan fingerprint density at radius 1 is 0.964 bits per heavy atom. The average molecular weight is 399 g/mol. The van der Waals surface area contributed by atoms with Crippen molar-refractivity contribution < 1.29 is 13.2 Å². The van der Waals surface area contributed by atoms with Gasteiger partial charge in [0.15, 0.2) is 0 Å². The van der Waals surface area contributed by atoms with E-state index < -0.39 is 10.0 Å². The Labute approximate surface area is 166 Å². The standard InChI is InChI=1S/C22H26N2O3S/c25-22(23-20-10-2-1-3-11-20)19-9-6-14-24(16-19)28(26,27)21-13-12-17-7-4-5-8-18(17)15-21/h1-3,10-13,15,19H,4-9,14,16H2,(H,23,25). The number of hydrogen-bond acceptors (Lipinski definition) is 3. The molecule has 1 amide bonds. The van der Waals surface area contributed by atoms with E-state index in [9.17, 15) is 13.2 Å². The lowest BCUT2D eigenvalue weighted by Crippen LogP contribution is -2.43. The third-order valence-corrected chi connectivity index (χ3v) is 7.62. The molecule has 0 saturated carbocycles. The molecule has 1 aliphatic heterocycles. The first kappa shape index (κ1) is 19.2. The Balaban J connectivity index is 1.49. The van der Waals surface area contributed by atoms with Gasteiger partial charge in [0.1, 0.15) is 0 Å². The van der Waals surface area contributed by atoms with E-state index >= 15 is 0 Å². The molecule has 0 radical (unpaired) electrons. The van der Waals surface area contributed by atoms with E-state index in [2.05, 4.69) is 5.32 Å². The predicted octanol–water partition coefficient (Wildman–Crippen LogP) is 3.60. The predicted molar refractivity (Wildman–Crippen MR) is 110 cm³/mol. The van der Waals surface area contributed by atoms with E-state index in [1.807, 2.05) is 42.5 Å². The first-order valence-electron chi connectivity index (χ1n) is 10.0. The van der Waals surface area contributed by atoms with Crippen LogP contribution in [0.25, 0.3) is 0 Å². The number of sulfonamides is 1. The summed E-state index contributed by atoms with van der Waals surface area (Å²) in [5.74, 6) is -0.446. The molecule has 1 saturated heterocycles. The molecule has 2 aromatic carbocycles. The van der Waals surface area contributed by atoms with Gasteiger partial charge in [0.05, 0.1) is 10.8 Å². The summed E-state index contributed by atoms with van der Waals surface area (Å²) < 4.78 is 27.9. The molecule has 1 unspecified atom stereocenters. The number of piperidine rings is 1. The molecule has 0 bridgehead atoms. The third-order valence-electron chi connectivity index (χ3n) is 5.75. The molecule has 0 spiro atoms. The van der Waals surface area contributed by atoms with Crippen LogP contribution in [0.4, 0.5) is 5.69 Å². The van der Waals surface area contributed by atoms with Crippen LogP contribution in [0.3, 0.4) is 0 Å². The summed E-state index contributed by atoms with van der Waals surface area (Å²) in [4.78, 5) is 13.0. The first-order chi connectivity index (χ1) is 13.5. The van der Waals surface area contributed by atoms with Crippen molar-refractivity contribution in [3.05, 3.63) is 59.7 Å². The van der Waals surface area contributed by atoms with Crippen molar-refractivity contribution in [2.24, 2.45) is 5.92 Å². The van der Waals surface area contributed by atoms with Gasteiger partial charge in [-0.3, -0.25) is 4.79 Å². The highest BCUT2D eigenvalue weighted by Crippen LogP contribution is 2.28. The number of nitrogens with zero attached hydrogens (tertiary/aromatic N) is 1. The maximum absolute atomic E-state index is 13.2. The van der Waals surface area contributed by atoms with Crippen molar-refractivity contribution in [1.82, 2.24) is 4.31 Å². The molecule has 0 aromatic heterocycles. The molecule has 148 valence electrons. The number of fused-ring (bicyclic) bond motifs is 1. The van der Waals surface area contributed by atoms with Gasteiger partial charge in [0.2, 0.25) is 15.9 Å². The normalized spacial score (nSPS) is 20.4. The third kappa shape index (κ3) is 3.98. The zero-order valence-corrected chi connectivity index (χ0v) is 16.7. The van der Waals surface area contributed by atoms with Crippen molar-refractivity contribution in [2.45, 2.75) is 43.4 Å². The zero-order chi connectivity index (χ0) is 19.6. The Hall–Kier alpha value is -2.18. The quantitative estimate of drug-likeness (QED) is 0.856. The lowest BCUT2D eigenvalue weighted by atomic mass is 9.92.